The van der Waals surface area contributed by atoms with Crippen LogP contribution in [0.1, 0.15) is 12.0 Å². The van der Waals surface area contributed by atoms with Gasteiger partial charge in [-0.2, -0.15) is 0 Å². The summed E-state index contributed by atoms with van der Waals surface area (Å²) in [6, 6.07) is 13.8. The molecule has 0 unspecified atom stereocenters. The van der Waals surface area contributed by atoms with E-state index in [0.717, 1.165) is 46.2 Å². The van der Waals surface area contributed by atoms with Gasteiger partial charge in [-0.25, -0.2) is 4.98 Å². The summed E-state index contributed by atoms with van der Waals surface area (Å²) in [7, 11) is 0. The van der Waals surface area contributed by atoms with E-state index < -0.39 is 0 Å². The fraction of sp³-hybridized carbons (Fsp3) is 0.188. The highest BCUT2D eigenvalue weighted by molar-refractivity contribution is 7.99. The standard InChI is InChI=1S/C16H18N4S/c17-12-5-3-11(4-6-12)2-1-9-21-16-19-14-8-7-13(18)10-15(14)20-16/h3-8,10H,1-2,9,17-18H2,(H,19,20). The van der Waals surface area contributed by atoms with E-state index in [-0.39, 0.29) is 0 Å². The van der Waals surface area contributed by atoms with Gasteiger partial charge in [0.25, 0.3) is 0 Å². The zero-order chi connectivity index (χ0) is 14.7. The zero-order valence-electron chi connectivity index (χ0n) is 11.7. The quantitative estimate of drug-likeness (QED) is 0.383. The van der Waals surface area contributed by atoms with Gasteiger partial charge in [0.15, 0.2) is 5.16 Å². The molecule has 108 valence electrons. The van der Waals surface area contributed by atoms with Crippen LogP contribution in [0.4, 0.5) is 11.4 Å². The van der Waals surface area contributed by atoms with E-state index in [0.29, 0.717) is 0 Å². The summed E-state index contributed by atoms with van der Waals surface area (Å²) >= 11 is 1.74. The smallest absolute Gasteiger partial charge is 0.166 e. The number of H-pyrrole nitrogens is 1. The molecule has 0 radical (unpaired) electrons. The monoisotopic (exact) mass is 298 g/mol. The molecule has 5 N–H and O–H groups in total. The first-order valence-electron chi connectivity index (χ1n) is 6.93. The van der Waals surface area contributed by atoms with Crippen LogP contribution in [0, 0.1) is 0 Å². The van der Waals surface area contributed by atoms with E-state index in [1.165, 1.54) is 5.56 Å². The van der Waals surface area contributed by atoms with Gasteiger partial charge in [-0.3, -0.25) is 0 Å². The van der Waals surface area contributed by atoms with Gasteiger partial charge in [0.05, 0.1) is 11.0 Å². The highest BCUT2D eigenvalue weighted by Crippen LogP contribution is 2.22. The van der Waals surface area contributed by atoms with Crippen molar-refractivity contribution in [2.45, 2.75) is 18.0 Å². The molecule has 0 saturated heterocycles. The number of hydrogen-bond donors (Lipinski definition) is 3. The van der Waals surface area contributed by atoms with E-state index in [2.05, 4.69) is 22.1 Å². The maximum Gasteiger partial charge on any atom is 0.166 e. The Morgan fingerprint density at radius 1 is 1.00 bits per heavy atom. The zero-order valence-corrected chi connectivity index (χ0v) is 12.5. The van der Waals surface area contributed by atoms with Crippen LogP contribution in [-0.4, -0.2) is 15.7 Å². The van der Waals surface area contributed by atoms with E-state index in [4.69, 9.17) is 11.5 Å². The number of nitrogens with one attached hydrogen (secondary N) is 1. The minimum absolute atomic E-state index is 0.756. The van der Waals surface area contributed by atoms with Gasteiger partial charge in [-0.1, -0.05) is 23.9 Å². The van der Waals surface area contributed by atoms with Gasteiger partial charge in [0.1, 0.15) is 0 Å². The third-order valence-electron chi connectivity index (χ3n) is 3.31. The molecular weight excluding hydrogens is 280 g/mol. The molecule has 0 aliphatic rings. The van der Waals surface area contributed by atoms with Crippen molar-refractivity contribution < 1.29 is 0 Å². The molecule has 0 bridgehead atoms. The number of nitrogens with two attached hydrogens (primary N) is 2. The summed E-state index contributed by atoms with van der Waals surface area (Å²) < 4.78 is 0. The molecule has 1 aromatic heterocycles. The van der Waals surface area contributed by atoms with Gasteiger partial charge in [-0.15, -0.1) is 0 Å². The van der Waals surface area contributed by atoms with Crippen LogP contribution < -0.4 is 11.5 Å². The molecule has 1 heterocycles. The van der Waals surface area contributed by atoms with E-state index >= 15 is 0 Å². The summed E-state index contributed by atoms with van der Waals surface area (Å²) in [6.07, 6.45) is 2.16. The lowest BCUT2D eigenvalue weighted by Crippen LogP contribution is -1.90. The van der Waals surface area contributed by atoms with Crippen molar-refractivity contribution in [3.63, 3.8) is 0 Å². The molecule has 0 aliphatic carbocycles. The van der Waals surface area contributed by atoms with Gasteiger partial charge in [0.2, 0.25) is 0 Å². The first-order valence-corrected chi connectivity index (χ1v) is 7.92. The number of fused-ring (bicyclic) bond motifs is 1. The number of anilines is 2. The Hall–Kier alpha value is -2.14. The molecule has 0 fully saturated rings. The average Bonchev–Trinajstić information content (AvgIpc) is 2.87. The van der Waals surface area contributed by atoms with Crippen LogP contribution in [0.2, 0.25) is 0 Å². The summed E-state index contributed by atoms with van der Waals surface area (Å²) in [6.45, 7) is 0. The lowest BCUT2D eigenvalue weighted by Gasteiger charge is -2.01. The molecule has 5 heteroatoms. The SMILES string of the molecule is Nc1ccc(CCCSc2nc3ccc(N)cc3[nH]2)cc1. The Balaban J connectivity index is 1.53. The number of benzene rings is 2. The number of rotatable bonds is 5. The molecular formula is C16H18N4S. The van der Waals surface area contributed by atoms with Gasteiger partial charge < -0.3 is 16.5 Å². The number of thioether (sulfide) groups is 1. The molecule has 3 aromatic rings. The predicted octanol–water partition coefficient (Wildman–Crippen LogP) is 3.45. The van der Waals surface area contributed by atoms with E-state index in [9.17, 15) is 0 Å². The molecule has 3 rings (SSSR count). The lowest BCUT2D eigenvalue weighted by molar-refractivity contribution is 0.928. The first kappa shape index (κ1) is 13.8. The molecule has 4 nitrogen and oxygen atoms in total. The first-order chi connectivity index (χ1) is 10.2. The molecule has 2 aromatic carbocycles. The van der Waals surface area contributed by atoms with Crippen LogP contribution in [0.5, 0.6) is 0 Å². The number of imidazole rings is 1. The maximum absolute atomic E-state index is 5.77. The van der Waals surface area contributed by atoms with Gasteiger partial charge in [-0.05, 0) is 48.7 Å². The van der Waals surface area contributed by atoms with Crippen LogP contribution in [0.25, 0.3) is 11.0 Å². The second-order valence-electron chi connectivity index (χ2n) is 5.01. The highest BCUT2D eigenvalue weighted by Gasteiger charge is 2.03. The average molecular weight is 298 g/mol. The van der Waals surface area contributed by atoms with Crippen LogP contribution in [0.15, 0.2) is 47.6 Å². The fourth-order valence-corrected chi connectivity index (χ4v) is 3.03. The second kappa shape index (κ2) is 6.10. The summed E-state index contributed by atoms with van der Waals surface area (Å²) in [4.78, 5) is 7.84. The van der Waals surface area contributed by atoms with Crippen molar-refractivity contribution in [2.75, 3.05) is 17.2 Å². The molecule has 21 heavy (non-hydrogen) atoms. The highest BCUT2D eigenvalue weighted by atomic mass is 32.2. The number of nitrogen functional groups attached to an aromatic ring is 2. The molecule has 0 aliphatic heterocycles. The third-order valence-corrected chi connectivity index (χ3v) is 4.27. The normalized spacial score (nSPS) is 11.0. The second-order valence-corrected chi connectivity index (χ2v) is 6.10. The minimum atomic E-state index is 0.756. The van der Waals surface area contributed by atoms with Crippen molar-refractivity contribution in [3.8, 4) is 0 Å². The number of hydrogen-bond acceptors (Lipinski definition) is 4. The molecule has 0 amide bonds. The van der Waals surface area contributed by atoms with Crippen molar-refractivity contribution in [1.29, 1.82) is 0 Å². The van der Waals surface area contributed by atoms with Crippen molar-refractivity contribution in [3.05, 3.63) is 48.0 Å². The topological polar surface area (TPSA) is 80.7 Å². The summed E-state index contributed by atoms with van der Waals surface area (Å²) in [5, 5.41) is 0.952. The number of aromatic amines is 1. The van der Waals surface area contributed by atoms with Crippen LogP contribution >= 0.6 is 11.8 Å². The number of aromatic nitrogens is 2. The molecule has 0 saturated carbocycles. The Morgan fingerprint density at radius 2 is 1.76 bits per heavy atom. The predicted molar refractivity (Wildman–Crippen MR) is 90.4 cm³/mol. The fourth-order valence-electron chi connectivity index (χ4n) is 2.20. The van der Waals surface area contributed by atoms with E-state index in [1.54, 1.807) is 11.8 Å². The van der Waals surface area contributed by atoms with Crippen molar-refractivity contribution in [1.82, 2.24) is 9.97 Å². The molecule has 0 atom stereocenters. The summed E-state index contributed by atoms with van der Waals surface area (Å²) in [5.41, 5.74) is 16.3. The molecule has 0 spiro atoms. The Morgan fingerprint density at radius 3 is 2.57 bits per heavy atom. The summed E-state index contributed by atoms with van der Waals surface area (Å²) in [5.74, 6) is 1.03. The minimum Gasteiger partial charge on any atom is -0.399 e. The van der Waals surface area contributed by atoms with Crippen LogP contribution in [-0.2, 0) is 6.42 Å². The van der Waals surface area contributed by atoms with Crippen molar-refractivity contribution in [2.24, 2.45) is 0 Å². The Kier molecular flexibility index (Phi) is 4.01. The number of nitrogens with zero attached hydrogens (tertiary/aromatic N) is 1. The Labute approximate surface area is 127 Å². The number of aryl methyl sites for hydroxylation is 1. The van der Waals surface area contributed by atoms with Crippen LogP contribution in [0.3, 0.4) is 0 Å². The Bertz CT molecular complexity index is 734. The largest absolute Gasteiger partial charge is 0.399 e. The van der Waals surface area contributed by atoms with E-state index in [1.807, 2.05) is 30.3 Å². The third kappa shape index (κ3) is 3.49. The lowest BCUT2D eigenvalue weighted by atomic mass is 10.1. The maximum atomic E-state index is 5.77. The van der Waals surface area contributed by atoms with Gasteiger partial charge >= 0.3 is 0 Å². The van der Waals surface area contributed by atoms with Gasteiger partial charge in [0, 0.05) is 17.1 Å². The van der Waals surface area contributed by atoms with Crippen molar-refractivity contribution >= 4 is 34.2 Å².